The van der Waals surface area contributed by atoms with E-state index in [-0.39, 0.29) is 12.7 Å². The summed E-state index contributed by atoms with van der Waals surface area (Å²) in [6, 6.07) is 0. The molecule has 0 bridgehead atoms. The maximum Gasteiger partial charge on any atom is 0.0826 e. The highest BCUT2D eigenvalue weighted by molar-refractivity contribution is 5.03. The van der Waals surface area contributed by atoms with Gasteiger partial charge in [-0.15, -0.1) is 0 Å². The molecule has 102 valence electrons. The Kier molecular flexibility index (Phi) is 5.12. The molecule has 0 radical (unpaired) electrons. The second-order valence-electron chi connectivity index (χ2n) is 4.73. The number of aromatic nitrogens is 2. The van der Waals surface area contributed by atoms with Crippen molar-refractivity contribution >= 4 is 0 Å². The molecule has 2 heterocycles. The molecule has 6 nitrogen and oxygen atoms in total. The van der Waals surface area contributed by atoms with Crippen LogP contribution in [-0.2, 0) is 17.8 Å². The van der Waals surface area contributed by atoms with E-state index in [4.69, 9.17) is 9.84 Å². The van der Waals surface area contributed by atoms with E-state index in [0.717, 1.165) is 38.3 Å². The molecular formula is C12H22N4O2. The van der Waals surface area contributed by atoms with Crippen LogP contribution in [0.2, 0.25) is 0 Å². The van der Waals surface area contributed by atoms with Gasteiger partial charge in [0.2, 0.25) is 0 Å². The first-order valence-corrected chi connectivity index (χ1v) is 6.41. The third-order valence-electron chi connectivity index (χ3n) is 2.99. The molecule has 1 saturated heterocycles. The number of aliphatic hydroxyl groups is 1. The van der Waals surface area contributed by atoms with Gasteiger partial charge in [0.25, 0.3) is 0 Å². The number of rotatable bonds is 6. The summed E-state index contributed by atoms with van der Waals surface area (Å²) in [5.41, 5.74) is 1.16. The van der Waals surface area contributed by atoms with Crippen molar-refractivity contribution in [3.05, 3.63) is 18.0 Å². The van der Waals surface area contributed by atoms with Crippen LogP contribution in [0.15, 0.2) is 12.4 Å². The number of ether oxygens (including phenoxy) is 1. The van der Waals surface area contributed by atoms with Crippen molar-refractivity contribution in [2.75, 3.05) is 39.9 Å². The highest BCUT2D eigenvalue weighted by Gasteiger charge is 2.15. The normalized spacial score (nSPS) is 20.5. The number of likely N-dealkylation sites (N-methyl/N-ethyl adjacent to an activating group) is 1. The van der Waals surface area contributed by atoms with Gasteiger partial charge in [-0.3, -0.25) is 9.58 Å². The summed E-state index contributed by atoms with van der Waals surface area (Å²) in [7, 11) is 2.08. The van der Waals surface area contributed by atoms with Gasteiger partial charge in [-0.25, -0.2) is 0 Å². The van der Waals surface area contributed by atoms with Gasteiger partial charge >= 0.3 is 0 Å². The van der Waals surface area contributed by atoms with E-state index in [9.17, 15) is 0 Å². The average molecular weight is 254 g/mol. The third-order valence-corrected chi connectivity index (χ3v) is 2.99. The van der Waals surface area contributed by atoms with E-state index in [0.29, 0.717) is 6.54 Å². The third kappa shape index (κ3) is 4.06. The van der Waals surface area contributed by atoms with Crippen molar-refractivity contribution < 1.29 is 9.84 Å². The van der Waals surface area contributed by atoms with Crippen LogP contribution in [0.25, 0.3) is 0 Å². The number of nitrogens with one attached hydrogen (secondary N) is 1. The van der Waals surface area contributed by atoms with Gasteiger partial charge in [0.1, 0.15) is 0 Å². The Balaban J connectivity index is 1.76. The lowest BCUT2D eigenvalue weighted by atomic mass is 10.2. The van der Waals surface area contributed by atoms with Crippen LogP contribution >= 0.6 is 0 Å². The van der Waals surface area contributed by atoms with Crippen LogP contribution in [0.5, 0.6) is 0 Å². The fourth-order valence-corrected chi connectivity index (χ4v) is 2.17. The Hall–Kier alpha value is -0.950. The minimum Gasteiger partial charge on any atom is -0.394 e. The van der Waals surface area contributed by atoms with Gasteiger partial charge in [0, 0.05) is 37.9 Å². The summed E-state index contributed by atoms with van der Waals surface area (Å²) in [4.78, 5) is 2.23. The number of aliphatic hydroxyl groups excluding tert-OH is 1. The second kappa shape index (κ2) is 6.84. The Morgan fingerprint density at radius 3 is 3.28 bits per heavy atom. The highest BCUT2D eigenvalue weighted by atomic mass is 16.5. The summed E-state index contributed by atoms with van der Waals surface area (Å²) in [5, 5.41) is 16.4. The molecule has 1 unspecified atom stereocenters. The summed E-state index contributed by atoms with van der Waals surface area (Å²) < 4.78 is 7.44. The molecule has 2 N–H and O–H groups in total. The smallest absolute Gasteiger partial charge is 0.0826 e. The Morgan fingerprint density at radius 2 is 2.56 bits per heavy atom. The summed E-state index contributed by atoms with van der Waals surface area (Å²) in [6.07, 6.45) is 4.11. The lowest BCUT2D eigenvalue weighted by Crippen LogP contribution is -2.44. The van der Waals surface area contributed by atoms with Crippen LogP contribution < -0.4 is 5.32 Å². The highest BCUT2D eigenvalue weighted by Crippen LogP contribution is 2.05. The molecule has 18 heavy (non-hydrogen) atoms. The van der Waals surface area contributed by atoms with Crippen molar-refractivity contribution in [2.45, 2.75) is 19.2 Å². The predicted octanol–water partition coefficient (Wildman–Crippen LogP) is -0.704. The Bertz CT molecular complexity index is 350. The van der Waals surface area contributed by atoms with Gasteiger partial charge < -0.3 is 15.2 Å². The van der Waals surface area contributed by atoms with Crippen LogP contribution in [0, 0.1) is 0 Å². The van der Waals surface area contributed by atoms with E-state index in [1.807, 2.05) is 12.4 Å². The monoisotopic (exact) mass is 254 g/mol. The fourth-order valence-electron chi connectivity index (χ4n) is 2.17. The molecule has 1 aliphatic rings. The van der Waals surface area contributed by atoms with Crippen molar-refractivity contribution in [2.24, 2.45) is 0 Å². The minimum atomic E-state index is 0.124. The van der Waals surface area contributed by atoms with E-state index in [2.05, 4.69) is 22.4 Å². The van der Waals surface area contributed by atoms with Crippen molar-refractivity contribution in [1.29, 1.82) is 0 Å². The van der Waals surface area contributed by atoms with Gasteiger partial charge in [0.05, 0.1) is 32.1 Å². The van der Waals surface area contributed by atoms with Crippen LogP contribution in [0.3, 0.4) is 0 Å². The average Bonchev–Trinajstić information content (AvgIpc) is 2.78. The van der Waals surface area contributed by atoms with Gasteiger partial charge in [-0.2, -0.15) is 5.10 Å². The zero-order chi connectivity index (χ0) is 12.8. The first-order valence-electron chi connectivity index (χ1n) is 6.41. The zero-order valence-corrected chi connectivity index (χ0v) is 10.9. The Morgan fingerprint density at radius 1 is 1.67 bits per heavy atom. The second-order valence-corrected chi connectivity index (χ2v) is 4.73. The summed E-state index contributed by atoms with van der Waals surface area (Å²) in [5.74, 6) is 0. The number of morpholine rings is 1. The van der Waals surface area contributed by atoms with Crippen molar-refractivity contribution in [3.63, 3.8) is 0 Å². The largest absolute Gasteiger partial charge is 0.394 e. The molecule has 1 aromatic rings. The molecule has 0 spiro atoms. The molecule has 0 amide bonds. The fraction of sp³-hybridized carbons (Fsp3) is 0.750. The topological polar surface area (TPSA) is 62.6 Å². The van der Waals surface area contributed by atoms with E-state index < -0.39 is 0 Å². The maximum atomic E-state index is 8.83. The molecule has 0 saturated carbocycles. The number of nitrogens with zero attached hydrogens (tertiary/aromatic N) is 3. The molecule has 1 aromatic heterocycles. The predicted molar refractivity (Wildman–Crippen MR) is 68.3 cm³/mol. The SMILES string of the molecule is CN(Cc1cnn(CCO)c1)CC1CNCCO1. The maximum absolute atomic E-state index is 8.83. The molecule has 1 aliphatic heterocycles. The van der Waals surface area contributed by atoms with E-state index >= 15 is 0 Å². The molecule has 6 heteroatoms. The van der Waals surface area contributed by atoms with Crippen LogP contribution in [-0.4, -0.2) is 65.8 Å². The molecule has 0 aliphatic carbocycles. The molecule has 1 fully saturated rings. The standard InChI is InChI=1S/C12H22N4O2/c1-15(10-12-7-13-2-5-18-12)8-11-6-14-16(9-11)3-4-17/h6,9,12-13,17H,2-5,7-8,10H2,1H3. The minimum absolute atomic E-state index is 0.124. The van der Waals surface area contributed by atoms with Crippen molar-refractivity contribution in [3.8, 4) is 0 Å². The molecule has 0 aromatic carbocycles. The van der Waals surface area contributed by atoms with Gasteiger partial charge in [-0.1, -0.05) is 0 Å². The number of hydrogen-bond acceptors (Lipinski definition) is 5. The summed E-state index contributed by atoms with van der Waals surface area (Å²) >= 11 is 0. The van der Waals surface area contributed by atoms with E-state index in [1.54, 1.807) is 4.68 Å². The van der Waals surface area contributed by atoms with Crippen molar-refractivity contribution in [1.82, 2.24) is 20.0 Å². The Labute approximate surface area is 108 Å². The molecular weight excluding hydrogens is 232 g/mol. The molecule has 2 rings (SSSR count). The van der Waals surface area contributed by atoms with Gasteiger partial charge in [0.15, 0.2) is 0 Å². The quantitative estimate of drug-likeness (QED) is 0.702. The van der Waals surface area contributed by atoms with Crippen LogP contribution in [0.1, 0.15) is 5.56 Å². The van der Waals surface area contributed by atoms with E-state index in [1.165, 1.54) is 0 Å². The lowest BCUT2D eigenvalue weighted by Gasteiger charge is -2.27. The number of hydrogen-bond donors (Lipinski definition) is 2. The summed E-state index contributed by atoms with van der Waals surface area (Å²) in [6.45, 7) is 5.12. The first kappa shape index (κ1) is 13.5. The zero-order valence-electron chi connectivity index (χ0n) is 10.9. The molecule has 1 atom stereocenters. The first-order chi connectivity index (χ1) is 8.78. The lowest BCUT2D eigenvalue weighted by molar-refractivity contribution is 0.00884. The van der Waals surface area contributed by atoms with Gasteiger partial charge in [-0.05, 0) is 7.05 Å². The van der Waals surface area contributed by atoms with Crippen LogP contribution in [0.4, 0.5) is 0 Å².